The van der Waals surface area contributed by atoms with E-state index >= 15 is 0 Å². The van der Waals surface area contributed by atoms with Crippen molar-refractivity contribution in [1.82, 2.24) is 25.3 Å². The second kappa shape index (κ2) is 5.51. The van der Waals surface area contributed by atoms with Gasteiger partial charge in [-0.25, -0.2) is 4.98 Å². The number of thiazole rings is 1. The van der Waals surface area contributed by atoms with E-state index in [2.05, 4.69) is 25.6 Å². The van der Waals surface area contributed by atoms with Gasteiger partial charge in [0.1, 0.15) is 10.7 Å². The molecule has 108 valence electrons. The van der Waals surface area contributed by atoms with Crippen LogP contribution < -0.4 is 5.32 Å². The van der Waals surface area contributed by atoms with Crippen LogP contribution in [0.25, 0.3) is 11.3 Å². The van der Waals surface area contributed by atoms with Crippen molar-refractivity contribution < 1.29 is 0 Å². The summed E-state index contributed by atoms with van der Waals surface area (Å²) in [4.78, 5) is 17.0. The van der Waals surface area contributed by atoms with Crippen molar-refractivity contribution in [2.45, 2.75) is 4.87 Å². The van der Waals surface area contributed by atoms with Gasteiger partial charge in [-0.05, 0) is 17.5 Å². The van der Waals surface area contributed by atoms with Crippen molar-refractivity contribution in [2.75, 3.05) is 0 Å². The standard InChI is InChI=1S/C15H11N5S2/c1-3-16-4-2-11(1)12-10-21-14(20-12)15(19-7-8-22-15)13-9-17-5-6-18-13/h1-10,19H. The van der Waals surface area contributed by atoms with Crippen LogP contribution in [-0.4, -0.2) is 19.9 Å². The van der Waals surface area contributed by atoms with E-state index in [1.807, 2.05) is 23.7 Å². The monoisotopic (exact) mass is 325 g/mol. The highest BCUT2D eigenvalue weighted by Crippen LogP contribution is 2.44. The Labute approximate surface area is 135 Å². The molecular formula is C15H11N5S2. The van der Waals surface area contributed by atoms with Crippen molar-refractivity contribution in [3.8, 4) is 11.3 Å². The highest BCUT2D eigenvalue weighted by Gasteiger charge is 2.40. The third-order valence-corrected chi connectivity index (χ3v) is 5.54. The van der Waals surface area contributed by atoms with Crippen molar-refractivity contribution in [3.63, 3.8) is 0 Å². The van der Waals surface area contributed by atoms with Crippen molar-refractivity contribution >= 4 is 23.1 Å². The number of thioether (sulfide) groups is 1. The van der Waals surface area contributed by atoms with Crippen LogP contribution in [0.3, 0.4) is 0 Å². The van der Waals surface area contributed by atoms with Gasteiger partial charge >= 0.3 is 0 Å². The zero-order chi connectivity index (χ0) is 14.8. The molecule has 4 rings (SSSR count). The molecule has 1 N–H and O–H groups in total. The number of aromatic nitrogens is 4. The molecule has 0 aromatic carbocycles. The molecule has 3 aromatic rings. The van der Waals surface area contributed by atoms with Gasteiger partial charge in [-0.3, -0.25) is 15.0 Å². The van der Waals surface area contributed by atoms with E-state index in [9.17, 15) is 0 Å². The first-order valence-electron chi connectivity index (χ1n) is 6.62. The van der Waals surface area contributed by atoms with Crippen LogP contribution >= 0.6 is 23.1 Å². The molecule has 3 aromatic heterocycles. The molecule has 0 amide bonds. The largest absolute Gasteiger partial charge is 0.365 e. The molecule has 7 heteroatoms. The number of hydrogen-bond donors (Lipinski definition) is 1. The highest BCUT2D eigenvalue weighted by molar-refractivity contribution is 8.03. The van der Waals surface area contributed by atoms with E-state index in [1.165, 1.54) is 0 Å². The SMILES string of the molecule is C1=CSC(c2cnccn2)(c2nc(-c3ccncc3)cs2)N1. The molecule has 22 heavy (non-hydrogen) atoms. The predicted octanol–water partition coefficient (Wildman–Crippen LogP) is 3.00. The van der Waals surface area contributed by atoms with Gasteiger partial charge in [0.2, 0.25) is 0 Å². The highest BCUT2D eigenvalue weighted by atomic mass is 32.2. The molecule has 0 spiro atoms. The number of nitrogens with zero attached hydrogens (tertiary/aromatic N) is 4. The maximum Gasteiger partial charge on any atom is 0.184 e. The van der Waals surface area contributed by atoms with E-state index in [-0.39, 0.29) is 0 Å². The number of hydrogen-bond acceptors (Lipinski definition) is 7. The summed E-state index contributed by atoms with van der Waals surface area (Å²) in [6, 6.07) is 3.92. The van der Waals surface area contributed by atoms with Gasteiger partial charge in [0.05, 0.1) is 11.9 Å². The van der Waals surface area contributed by atoms with Crippen molar-refractivity contribution in [3.05, 3.63) is 70.8 Å². The smallest absolute Gasteiger partial charge is 0.184 e. The summed E-state index contributed by atoms with van der Waals surface area (Å²) in [6.45, 7) is 0. The third-order valence-electron chi connectivity index (χ3n) is 3.30. The summed E-state index contributed by atoms with van der Waals surface area (Å²) in [5, 5.41) is 8.41. The number of rotatable bonds is 3. The van der Waals surface area contributed by atoms with Gasteiger partial charge in [-0.1, -0.05) is 11.8 Å². The first-order chi connectivity index (χ1) is 10.9. The van der Waals surface area contributed by atoms with Crippen LogP contribution in [0.4, 0.5) is 0 Å². The second-order valence-corrected chi connectivity index (χ2v) is 6.59. The Kier molecular flexibility index (Phi) is 3.36. The molecule has 1 unspecified atom stereocenters. The lowest BCUT2D eigenvalue weighted by atomic mass is 10.2. The van der Waals surface area contributed by atoms with Crippen LogP contribution in [0.2, 0.25) is 0 Å². The Morgan fingerprint density at radius 1 is 1.05 bits per heavy atom. The molecule has 1 atom stereocenters. The van der Waals surface area contributed by atoms with Crippen molar-refractivity contribution in [2.24, 2.45) is 0 Å². The molecule has 5 nitrogen and oxygen atoms in total. The molecule has 0 aliphatic carbocycles. The van der Waals surface area contributed by atoms with E-state index in [0.29, 0.717) is 0 Å². The van der Waals surface area contributed by atoms with E-state index < -0.39 is 4.87 Å². The second-order valence-electron chi connectivity index (χ2n) is 4.61. The van der Waals surface area contributed by atoms with Crippen LogP contribution in [0.1, 0.15) is 10.7 Å². The molecule has 0 fully saturated rings. The lowest BCUT2D eigenvalue weighted by Crippen LogP contribution is -2.35. The van der Waals surface area contributed by atoms with Gasteiger partial charge < -0.3 is 5.32 Å². The fourth-order valence-corrected chi connectivity index (χ4v) is 4.28. The van der Waals surface area contributed by atoms with Gasteiger partial charge in [0, 0.05) is 41.9 Å². The topological polar surface area (TPSA) is 63.6 Å². The molecule has 1 aliphatic heterocycles. The minimum absolute atomic E-state index is 0.496. The predicted molar refractivity (Wildman–Crippen MR) is 88.0 cm³/mol. The third kappa shape index (κ3) is 2.18. The fraction of sp³-hybridized carbons (Fsp3) is 0.0667. The van der Waals surface area contributed by atoms with Gasteiger partial charge in [0.15, 0.2) is 4.87 Å². The lowest BCUT2D eigenvalue weighted by molar-refractivity contribution is 0.645. The average molecular weight is 325 g/mol. The molecule has 4 heterocycles. The summed E-state index contributed by atoms with van der Waals surface area (Å²) in [6.07, 6.45) is 10.6. The Balaban J connectivity index is 1.78. The van der Waals surface area contributed by atoms with Crippen LogP contribution in [-0.2, 0) is 4.87 Å². The van der Waals surface area contributed by atoms with Crippen LogP contribution in [0.15, 0.2) is 60.1 Å². The first-order valence-corrected chi connectivity index (χ1v) is 8.38. The van der Waals surface area contributed by atoms with Gasteiger partial charge in [-0.15, -0.1) is 11.3 Å². The summed E-state index contributed by atoms with van der Waals surface area (Å²) in [5.41, 5.74) is 2.85. The van der Waals surface area contributed by atoms with E-state index in [4.69, 9.17) is 4.98 Å². The lowest BCUT2D eigenvalue weighted by Gasteiger charge is -2.25. The first kappa shape index (κ1) is 13.4. The average Bonchev–Trinajstić information content (AvgIpc) is 3.27. The summed E-state index contributed by atoms with van der Waals surface area (Å²) in [7, 11) is 0. The van der Waals surface area contributed by atoms with E-state index in [1.54, 1.807) is 54.1 Å². The molecule has 0 saturated heterocycles. The Hall–Kier alpha value is -2.25. The summed E-state index contributed by atoms with van der Waals surface area (Å²) in [5.74, 6) is 0. The summed E-state index contributed by atoms with van der Waals surface area (Å²) >= 11 is 3.26. The molecule has 0 bridgehead atoms. The van der Waals surface area contributed by atoms with Crippen molar-refractivity contribution in [1.29, 1.82) is 0 Å². The fourth-order valence-electron chi connectivity index (χ4n) is 2.25. The molecular weight excluding hydrogens is 314 g/mol. The van der Waals surface area contributed by atoms with Crippen LogP contribution in [0.5, 0.6) is 0 Å². The zero-order valence-electron chi connectivity index (χ0n) is 11.4. The Morgan fingerprint density at radius 2 is 1.95 bits per heavy atom. The molecule has 1 aliphatic rings. The van der Waals surface area contributed by atoms with E-state index in [0.717, 1.165) is 22.0 Å². The van der Waals surface area contributed by atoms with Gasteiger partial charge in [-0.2, -0.15) is 0 Å². The van der Waals surface area contributed by atoms with Gasteiger partial charge in [0.25, 0.3) is 0 Å². The zero-order valence-corrected chi connectivity index (χ0v) is 13.0. The number of pyridine rings is 1. The normalized spacial score (nSPS) is 20.0. The minimum atomic E-state index is -0.496. The number of nitrogens with one attached hydrogen (secondary N) is 1. The maximum atomic E-state index is 4.81. The molecule has 0 radical (unpaired) electrons. The summed E-state index contributed by atoms with van der Waals surface area (Å²) < 4.78 is 0. The Morgan fingerprint density at radius 3 is 2.68 bits per heavy atom. The quantitative estimate of drug-likeness (QED) is 0.799. The minimum Gasteiger partial charge on any atom is -0.365 e. The Bertz CT molecular complexity index is 793. The van der Waals surface area contributed by atoms with Crippen LogP contribution in [0, 0.1) is 0 Å². The maximum absolute atomic E-state index is 4.81. The molecule has 0 saturated carbocycles.